The van der Waals surface area contributed by atoms with Gasteiger partial charge in [-0.15, -0.1) is 0 Å². The van der Waals surface area contributed by atoms with Crippen LogP contribution in [0.5, 0.6) is 0 Å². The number of aromatic nitrogens is 2. The standard InChI is InChI=1S/C20H24BrN5O/c1-19(2,3)13-26(17-15(21)12-23-16(11-22)24-17)25-18(27)20(4,5)14-9-7-6-8-10-14/h6-10,12H,13H2,1-5H3,(H,25,27). The largest absolute Gasteiger partial charge is 0.272 e. The van der Waals surface area contributed by atoms with Gasteiger partial charge in [-0.25, -0.2) is 4.98 Å². The van der Waals surface area contributed by atoms with E-state index in [-0.39, 0.29) is 17.1 Å². The van der Waals surface area contributed by atoms with E-state index in [2.05, 4.69) is 52.1 Å². The Morgan fingerprint density at radius 1 is 1.22 bits per heavy atom. The molecule has 27 heavy (non-hydrogen) atoms. The van der Waals surface area contributed by atoms with Gasteiger partial charge in [0.15, 0.2) is 5.82 Å². The quantitative estimate of drug-likeness (QED) is 0.726. The minimum atomic E-state index is -0.741. The Bertz CT molecular complexity index is 853. The SMILES string of the molecule is CC(C)(C)CN(NC(=O)C(C)(C)c1ccccc1)c1nc(C#N)ncc1Br. The molecule has 0 saturated carbocycles. The third kappa shape index (κ3) is 5.27. The summed E-state index contributed by atoms with van der Waals surface area (Å²) in [4.78, 5) is 21.4. The number of nitriles is 1. The first kappa shape index (κ1) is 20.8. The topological polar surface area (TPSA) is 81.9 Å². The van der Waals surface area contributed by atoms with Crippen LogP contribution in [-0.2, 0) is 10.2 Å². The molecule has 0 bridgehead atoms. The second-order valence-corrected chi connectivity index (χ2v) is 8.91. The lowest BCUT2D eigenvalue weighted by Gasteiger charge is -2.34. The third-order valence-corrected chi connectivity index (χ3v) is 4.57. The van der Waals surface area contributed by atoms with E-state index in [0.717, 1.165) is 5.56 Å². The monoisotopic (exact) mass is 429 g/mol. The molecule has 0 aliphatic carbocycles. The van der Waals surface area contributed by atoms with Crippen LogP contribution < -0.4 is 10.4 Å². The minimum absolute atomic E-state index is 0.0451. The molecule has 1 N–H and O–H groups in total. The normalized spacial score (nSPS) is 11.6. The molecular weight excluding hydrogens is 406 g/mol. The van der Waals surface area contributed by atoms with Gasteiger partial charge in [0.1, 0.15) is 6.07 Å². The smallest absolute Gasteiger partial charge is 0.248 e. The molecule has 1 heterocycles. The number of hydrogen-bond donors (Lipinski definition) is 1. The summed E-state index contributed by atoms with van der Waals surface area (Å²) in [7, 11) is 0. The second-order valence-electron chi connectivity index (χ2n) is 8.06. The van der Waals surface area contributed by atoms with Gasteiger partial charge in [-0.05, 0) is 40.8 Å². The van der Waals surface area contributed by atoms with Crippen molar-refractivity contribution in [2.75, 3.05) is 11.6 Å². The van der Waals surface area contributed by atoms with E-state index in [1.807, 2.05) is 50.2 Å². The molecule has 2 aromatic rings. The maximum Gasteiger partial charge on any atom is 0.248 e. The van der Waals surface area contributed by atoms with Crippen molar-refractivity contribution >= 4 is 27.7 Å². The molecule has 0 aliphatic heterocycles. The molecule has 0 aliphatic rings. The average molecular weight is 430 g/mol. The Balaban J connectivity index is 2.39. The van der Waals surface area contributed by atoms with Crippen LogP contribution in [0.1, 0.15) is 46.0 Å². The highest BCUT2D eigenvalue weighted by molar-refractivity contribution is 9.10. The molecule has 1 amide bonds. The molecule has 0 saturated heterocycles. The molecule has 142 valence electrons. The first-order valence-electron chi connectivity index (χ1n) is 8.61. The number of hydrazine groups is 1. The summed E-state index contributed by atoms with van der Waals surface area (Å²) < 4.78 is 0.601. The van der Waals surface area contributed by atoms with Gasteiger partial charge in [-0.3, -0.25) is 15.2 Å². The van der Waals surface area contributed by atoms with Crippen molar-refractivity contribution in [3.8, 4) is 6.07 Å². The van der Waals surface area contributed by atoms with Crippen molar-refractivity contribution < 1.29 is 4.79 Å². The number of benzene rings is 1. The van der Waals surface area contributed by atoms with Crippen LogP contribution in [0.2, 0.25) is 0 Å². The lowest BCUT2D eigenvalue weighted by molar-refractivity contribution is -0.125. The number of anilines is 1. The summed E-state index contributed by atoms with van der Waals surface area (Å²) in [6.45, 7) is 10.5. The molecule has 6 nitrogen and oxygen atoms in total. The first-order chi connectivity index (χ1) is 12.5. The molecule has 0 spiro atoms. The van der Waals surface area contributed by atoms with Crippen LogP contribution in [0.25, 0.3) is 0 Å². The number of carbonyl (C=O) groups is 1. The molecule has 0 atom stereocenters. The Kier molecular flexibility index (Phi) is 6.22. The predicted octanol–water partition coefficient (Wildman–Crippen LogP) is 3.97. The summed E-state index contributed by atoms with van der Waals surface area (Å²) >= 11 is 3.43. The van der Waals surface area contributed by atoms with Crippen molar-refractivity contribution in [2.45, 2.75) is 40.0 Å². The van der Waals surface area contributed by atoms with Crippen LogP contribution in [0.15, 0.2) is 41.0 Å². The number of halogens is 1. The van der Waals surface area contributed by atoms with E-state index in [9.17, 15) is 4.79 Å². The van der Waals surface area contributed by atoms with Gasteiger partial charge in [0.25, 0.3) is 0 Å². The van der Waals surface area contributed by atoms with Gasteiger partial charge in [0.2, 0.25) is 11.7 Å². The van der Waals surface area contributed by atoms with Gasteiger partial charge in [-0.2, -0.15) is 10.2 Å². The maximum atomic E-state index is 13.1. The van der Waals surface area contributed by atoms with Gasteiger partial charge in [0, 0.05) is 12.7 Å². The molecule has 2 rings (SSSR count). The first-order valence-corrected chi connectivity index (χ1v) is 9.41. The van der Waals surface area contributed by atoms with Crippen LogP contribution in [0.3, 0.4) is 0 Å². The fourth-order valence-corrected chi connectivity index (χ4v) is 2.90. The van der Waals surface area contributed by atoms with Crippen LogP contribution in [-0.4, -0.2) is 22.4 Å². The number of rotatable bonds is 5. The lowest BCUT2D eigenvalue weighted by atomic mass is 9.84. The zero-order chi connectivity index (χ0) is 20.2. The molecule has 0 unspecified atom stereocenters. The summed E-state index contributed by atoms with van der Waals surface area (Å²) in [5, 5.41) is 10.8. The lowest BCUT2D eigenvalue weighted by Crippen LogP contribution is -2.52. The van der Waals surface area contributed by atoms with E-state index in [1.165, 1.54) is 6.20 Å². The van der Waals surface area contributed by atoms with Gasteiger partial charge in [0.05, 0.1) is 9.89 Å². The summed E-state index contributed by atoms with van der Waals surface area (Å²) in [6.07, 6.45) is 1.52. The van der Waals surface area contributed by atoms with Crippen LogP contribution in [0, 0.1) is 16.7 Å². The fraction of sp³-hybridized carbons (Fsp3) is 0.400. The Labute approximate surface area is 168 Å². The number of carbonyl (C=O) groups excluding carboxylic acids is 1. The molecule has 0 radical (unpaired) electrons. The summed E-state index contributed by atoms with van der Waals surface area (Å²) in [6, 6.07) is 11.6. The van der Waals surface area contributed by atoms with Crippen molar-refractivity contribution in [3.05, 3.63) is 52.4 Å². The Morgan fingerprint density at radius 3 is 2.41 bits per heavy atom. The van der Waals surface area contributed by atoms with Crippen molar-refractivity contribution in [2.24, 2.45) is 5.41 Å². The molecule has 0 fully saturated rings. The minimum Gasteiger partial charge on any atom is -0.272 e. The van der Waals surface area contributed by atoms with E-state index in [0.29, 0.717) is 16.8 Å². The number of amides is 1. The number of nitrogens with zero attached hydrogens (tertiary/aromatic N) is 4. The van der Waals surface area contributed by atoms with Gasteiger partial charge in [-0.1, -0.05) is 51.1 Å². The summed E-state index contributed by atoms with van der Waals surface area (Å²) in [5.41, 5.74) is 3.04. The predicted molar refractivity (Wildman–Crippen MR) is 109 cm³/mol. The highest BCUT2D eigenvalue weighted by atomic mass is 79.9. The number of hydrogen-bond acceptors (Lipinski definition) is 5. The second kappa shape index (κ2) is 8.05. The molecule has 7 heteroatoms. The fourth-order valence-electron chi connectivity index (χ4n) is 2.49. The Morgan fingerprint density at radius 2 is 1.85 bits per heavy atom. The van der Waals surface area contributed by atoms with Crippen LogP contribution in [0.4, 0.5) is 5.82 Å². The summed E-state index contributed by atoms with van der Waals surface area (Å²) in [5.74, 6) is 0.333. The van der Waals surface area contributed by atoms with Crippen molar-refractivity contribution in [3.63, 3.8) is 0 Å². The van der Waals surface area contributed by atoms with E-state index >= 15 is 0 Å². The molecular formula is C20H24BrN5O. The third-order valence-electron chi connectivity index (χ3n) is 4.01. The van der Waals surface area contributed by atoms with Gasteiger partial charge >= 0.3 is 0 Å². The maximum absolute atomic E-state index is 13.1. The highest BCUT2D eigenvalue weighted by Crippen LogP contribution is 2.28. The van der Waals surface area contributed by atoms with Crippen LogP contribution >= 0.6 is 15.9 Å². The zero-order valence-electron chi connectivity index (χ0n) is 16.2. The average Bonchev–Trinajstić information content (AvgIpc) is 2.61. The zero-order valence-corrected chi connectivity index (χ0v) is 17.8. The Hall–Kier alpha value is -2.46. The van der Waals surface area contributed by atoms with Crippen molar-refractivity contribution in [1.82, 2.24) is 15.4 Å². The molecule has 1 aromatic carbocycles. The van der Waals surface area contributed by atoms with Gasteiger partial charge < -0.3 is 0 Å². The highest BCUT2D eigenvalue weighted by Gasteiger charge is 2.32. The van der Waals surface area contributed by atoms with Crippen molar-refractivity contribution in [1.29, 1.82) is 5.26 Å². The van der Waals surface area contributed by atoms with E-state index in [4.69, 9.17) is 5.26 Å². The van der Waals surface area contributed by atoms with E-state index in [1.54, 1.807) is 5.01 Å². The number of nitrogens with one attached hydrogen (secondary N) is 1. The molecule has 1 aromatic heterocycles. The van der Waals surface area contributed by atoms with E-state index < -0.39 is 5.41 Å².